The number of hydrogen-bond acceptors (Lipinski definition) is 5. The van der Waals surface area contributed by atoms with Gasteiger partial charge in [0.15, 0.2) is 0 Å². The van der Waals surface area contributed by atoms with Gasteiger partial charge in [0.05, 0.1) is 17.8 Å². The predicted octanol–water partition coefficient (Wildman–Crippen LogP) is 2.45. The Morgan fingerprint density at radius 2 is 2.14 bits per heavy atom. The second-order valence-corrected chi connectivity index (χ2v) is 6.83. The zero-order chi connectivity index (χ0) is 15.1. The molecule has 0 fully saturated rings. The van der Waals surface area contributed by atoms with Crippen LogP contribution in [0.4, 0.5) is 0 Å². The number of thiophene rings is 1. The molecule has 0 bridgehead atoms. The van der Waals surface area contributed by atoms with Gasteiger partial charge in [-0.15, -0.1) is 11.3 Å². The van der Waals surface area contributed by atoms with Gasteiger partial charge in [-0.3, -0.25) is 14.5 Å². The molecule has 0 amide bonds. The normalized spacial score (nSPS) is 16.4. The number of aryl methyl sites for hydroxylation is 2. The lowest BCUT2D eigenvalue weighted by atomic mass is 10.1. The highest BCUT2D eigenvalue weighted by Crippen LogP contribution is 2.33. The Kier molecular flexibility index (Phi) is 3.29. The Morgan fingerprint density at radius 1 is 1.27 bits per heavy atom. The molecule has 0 aromatic carbocycles. The fourth-order valence-corrected chi connectivity index (χ4v) is 4.38. The third-order valence-electron chi connectivity index (χ3n) is 4.40. The van der Waals surface area contributed by atoms with Gasteiger partial charge in [-0.1, -0.05) is 6.42 Å². The summed E-state index contributed by atoms with van der Waals surface area (Å²) in [6, 6.07) is -0.201. The van der Waals surface area contributed by atoms with E-state index in [2.05, 4.69) is 20.2 Å². The van der Waals surface area contributed by atoms with E-state index in [9.17, 15) is 4.79 Å². The van der Waals surface area contributed by atoms with Crippen LogP contribution in [-0.2, 0) is 12.8 Å². The summed E-state index contributed by atoms with van der Waals surface area (Å²) >= 11 is 1.68. The van der Waals surface area contributed by atoms with E-state index in [4.69, 9.17) is 0 Å². The van der Waals surface area contributed by atoms with E-state index in [0.29, 0.717) is 5.82 Å². The van der Waals surface area contributed by atoms with Crippen LogP contribution in [0.5, 0.6) is 0 Å². The van der Waals surface area contributed by atoms with Gasteiger partial charge in [-0.2, -0.15) is 5.10 Å². The molecule has 6 nitrogen and oxygen atoms in total. The molecular weight excluding hydrogens is 298 g/mol. The van der Waals surface area contributed by atoms with Crippen LogP contribution in [0.2, 0.25) is 0 Å². The first-order valence-electron chi connectivity index (χ1n) is 7.62. The largest absolute Gasteiger partial charge is 0.288 e. The van der Waals surface area contributed by atoms with E-state index in [1.54, 1.807) is 22.2 Å². The van der Waals surface area contributed by atoms with Gasteiger partial charge in [-0.25, -0.2) is 9.97 Å². The van der Waals surface area contributed by atoms with Gasteiger partial charge in [0.1, 0.15) is 17.0 Å². The summed E-state index contributed by atoms with van der Waals surface area (Å²) in [6.07, 6.45) is 8.77. The molecule has 1 aliphatic carbocycles. The van der Waals surface area contributed by atoms with E-state index in [1.807, 2.05) is 6.92 Å². The smallest absolute Gasteiger partial charge is 0.263 e. The van der Waals surface area contributed by atoms with Crippen LogP contribution in [0.1, 0.15) is 48.5 Å². The SMILES string of the molecule is CC(c1ncn[nH]1)n1cnc2sc3c(c2c1=O)CCCCC3. The minimum absolute atomic E-state index is 0.0355. The molecule has 1 aliphatic rings. The van der Waals surface area contributed by atoms with Gasteiger partial charge in [0.25, 0.3) is 5.56 Å². The van der Waals surface area contributed by atoms with E-state index < -0.39 is 0 Å². The number of nitrogens with one attached hydrogen (secondary N) is 1. The average Bonchev–Trinajstić information content (AvgIpc) is 3.11. The minimum atomic E-state index is -0.201. The van der Waals surface area contributed by atoms with Gasteiger partial charge >= 0.3 is 0 Å². The summed E-state index contributed by atoms with van der Waals surface area (Å²) in [6.45, 7) is 1.93. The van der Waals surface area contributed by atoms with Crippen molar-refractivity contribution in [3.05, 3.63) is 39.3 Å². The van der Waals surface area contributed by atoms with Crippen molar-refractivity contribution in [3.63, 3.8) is 0 Å². The first kappa shape index (κ1) is 13.6. The van der Waals surface area contributed by atoms with E-state index >= 15 is 0 Å². The Morgan fingerprint density at radius 3 is 2.95 bits per heavy atom. The van der Waals surface area contributed by atoms with E-state index in [-0.39, 0.29) is 11.6 Å². The summed E-state index contributed by atoms with van der Waals surface area (Å²) in [5, 5.41) is 7.51. The monoisotopic (exact) mass is 315 g/mol. The molecule has 7 heteroatoms. The third kappa shape index (κ3) is 2.08. The van der Waals surface area contributed by atoms with Crippen molar-refractivity contribution in [1.29, 1.82) is 0 Å². The van der Waals surface area contributed by atoms with Crippen LogP contribution in [0.3, 0.4) is 0 Å². The summed E-state index contributed by atoms with van der Waals surface area (Å²) in [5.74, 6) is 0.671. The molecule has 1 N–H and O–H groups in total. The van der Waals surface area contributed by atoms with Crippen molar-refractivity contribution in [2.75, 3.05) is 0 Å². The van der Waals surface area contributed by atoms with Crippen molar-refractivity contribution >= 4 is 21.6 Å². The highest BCUT2D eigenvalue weighted by Gasteiger charge is 2.21. The fourth-order valence-electron chi connectivity index (χ4n) is 3.16. The zero-order valence-electron chi connectivity index (χ0n) is 12.4. The number of H-pyrrole nitrogens is 1. The maximum absolute atomic E-state index is 13.0. The lowest BCUT2D eigenvalue weighted by molar-refractivity contribution is 0.577. The Hall–Kier alpha value is -2.02. The molecule has 1 unspecified atom stereocenters. The van der Waals surface area contributed by atoms with Gasteiger partial charge in [0.2, 0.25) is 0 Å². The topological polar surface area (TPSA) is 76.5 Å². The Bertz CT molecular complexity index is 864. The molecule has 3 aromatic heterocycles. The number of hydrogen-bond donors (Lipinski definition) is 1. The molecule has 0 saturated carbocycles. The Balaban J connectivity index is 1.90. The van der Waals surface area contributed by atoms with Gasteiger partial charge in [0, 0.05) is 4.88 Å². The van der Waals surface area contributed by atoms with Crippen LogP contribution < -0.4 is 5.56 Å². The quantitative estimate of drug-likeness (QED) is 0.737. The zero-order valence-corrected chi connectivity index (χ0v) is 13.2. The van der Waals surface area contributed by atoms with Crippen molar-refractivity contribution in [3.8, 4) is 0 Å². The summed E-state index contributed by atoms with van der Waals surface area (Å²) in [7, 11) is 0. The minimum Gasteiger partial charge on any atom is -0.288 e. The second-order valence-electron chi connectivity index (χ2n) is 5.75. The van der Waals surface area contributed by atoms with Crippen molar-refractivity contribution in [2.45, 2.75) is 45.1 Å². The Labute approximate surface area is 131 Å². The van der Waals surface area contributed by atoms with Crippen LogP contribution in [0.25, 0.3) is 10.2 Å². The number of aromatic amines is 1. The fraction of sp³-hybridized carbons (Fsp3) is 0.467. The van der Waals surface area contributed by atoms with Gasteiger partial charge in [-0.05, 0) is 38.2 Å². The molecule has 114 valence electrons. The summed E-state index contributed by atoms with van der Waals surface area (Å²) < 4.78 is 1.65. The molecule has 0 aliphatic heterocycles. The van der Waals surface area contributed by atoms with Crippen LogP contribution in [0.15, 0.2) is 17.4 Å². The molecule has 3 heterocycles. The molecule has 0 radical (unpaired) electrons. The first-order chi connectivity index (χ1) is 10.8. The summed E-state index contributed by atoms with van der Waals surface area (Å²) in [4.78, 5) is 23.9. The highest BCUT2D eigenvalue weighted by atomic mass is 32.1. The molecule has 0 spiro atoms. The predicted molar refractivity (Wildman–Crippen MR) is 85.3 cm³/mol. The average molecular weight is 315 g/mol. The molecule has 22 heavy (non-hydrogen) atoms. The molecule has 1 atom stereocenters. The standard InChI is InChI=1S/C15H17N5OS/c1-9(13-16-7-18-19-13)20-8-17-14-12(15(20)21)10-5-3-2-4-6-11(10)22-14/h7-9H,2-6H2,1H3,(H,16,18,19). The molecule has 0 saturated heterocycles. The lowest BCUT2D eigenvalue weighted by Crippen LogP contribution is -2.25. The lowest BCUT2D eigenvalue weighted by Gasteiger charge is -2.11. The number of nitrogens with zero attached hydrogens (tertiary/aromatic N) is 4. The highest BCUT2D eigenvalue weighted by molar-refractivity contribution is 7.18. The van der Waals surface area contributed by atoms with Crippen molar-refractivity contribution in [2.24, 2.45) is 0 Å². The number of rotatable bonds is 2. The molecular formula is C15H17N5OS. The van der Waals surface area contributed by atoms with Crippen LogP contribution >= 0.6 is 11.3 Å². The van der Waals surface area contributed by atoms with Crippen LogP contribution in [-0.4, -0.2) is 24.7 Å². The van der Waals surface area contributed by atoms with Gasteiger partial charge < -0.3 is 0 Å². The van der Waals surface area contributed by atoms with Crippen molar-refractivity contribution in [1.82, 2.24) is 24.7 Å². The maximum atomic E-state index is 13.0. The third-order valence-corrected chi connectivity index (χ3v) is 5.60. The molecule has 4 rings (SSSR count). The maximum Gasteiger partial charge on any atom is 0.263 e. The summed E-state index contributed by atoms with van der Waals surface area (Å²) in [5.41, 5.74) is 1.27. The van der Waals surface area contributed by atoms with E-state index in [0.717, 1.165) is 29.5 Å². The number of aromatic nitrogens is 5. The first-order valence-corrected chi connectivity index (χ1v) is 8.44. The number of fused-ring (bicyclic) bond motifs is 3. The molecule has 3 aromatic rings. The second kappa shape index (κ2) is 5.31. The van der Waals surface area contributed by atoms with Crippen molar-refractivity contribution < 1.29 is 0 Å². The van der Waals surface area contributed by atoms with E-state index in [1.165, 1.54) is 29.6 Å². The van der Waals surface area contributed by atoms with Crippen LogP contribution in [0, 0.1) is 0 Å².